The molecule has 2 aromatic heterocycles. The van der Waals surface area contributed by atoms with Crippen LogP contribution in [0, 0.1) is 5.92 Å². The second kappa shape index (κ2) is 11.7. The molecule has 4 unspecified atom stereocenters. The lowest BCUT2D eigenvalue weighted by Gasteiger charge is -2.54. The van der Waals surface area contributed by atoms with Gasteiger partial charge in [-0.15, -0.1) is 11.8 Å². The quantitative estimate of drug-likeness (QED) is 0.203. The Bertz CT molecular complexity index is 2530. The van der Waals surface area contributed by atoms with Gasteiger partial charge in [-0.1, -0.05) is 115 Å². The normalized spacial score (nSPS) is 26.3. The Hall–Kier alpha value is -4.64. The van der Waals surface area contributed by atoms with Gasteiger partial charge in [-0.3, -0.25) is 0 Å². The number of hydrogen-bond donors (Lipinski definition) is 1. The second-order valence-corrected chi connectivity index (χ2v) is 16.9. The molecular formula is C47H38N2S2. The molecule has 4 heterocycles. The zero-order chi connectivity index (χ0) is 33.5. The smallest absolute Gasteiger partial charge is 0.0554 e. The number of H-pyrrole nitrogens is 1. The topological polar surface area (TPSA) is 20.7 Å². The molecule has 11 rings (SSSR count). The van der Waals surface area contributed by atoms with Crippen molar-refractivity contribution in [1.29, 1.82) is 0 Å². The van der Waals surface area contributed by atoms with Crippen molar-refractivity contribution in [3.8, 4) is 0 Å². The van der Waals surface area contributed by atoms with Crippen molar-refractivity contribution >= 4 is 56.6 Å². The van der Waals surface area contributed by atoms with E-state index in [1.165, 1.54) is 75.7 Å². The zero-order valence-corrected chi connectivity index (χ0v) is 30.0. The molecule has 4 atom stereocenters. The highest BCUT2D eigenvalue weighted by molar-refractivity contribution is 8.04. The van der Waals surface area contributed by atoms with Gasteiger partial charge in [0.05, 0.1) is 16.4 Å². The lowest BCUT2D eigenvalue weighted by molar-refractivity contribution is 0.431. The Kier molecular flexibility index (Phi) is 6.89. The Balaban J connectivity index is 1.07. The summed E-state index contributed by atoms with van der Waals surface area (Å²) in [7, 11) is 0. The minimum atomic E-state index is -0.217. The van der Waals surface area contributed by atoms with Gasteiger partial charge in [0.25, 0.3) is 0 Å². The fourth-order valence-corrected chi connectivity index (χ4v) is 12.6. The fraction of sp³-hybridized carbons (Fsp3) is 0.191. The number of hydrogen-bond acceptors (Lipinski definition) is 2. The van der Waals surface area contributed by atoms with E-state index in [9.17, 15) is 0 Å². The molecule has 0 radical (unpaired) electrons. The van der Waals surface area contributed by atoms with Crippen LogP contribution < -0.4 is 0 Å². The van der Waals surface area contributed by atoms with Crippen LogP contribution >= 0.6 is 23.5 Å². The number of benzene rings is 3. The molecule has 2 nitrogen and oxygen atoms in total. The maximum absolute atomic E-state index is 3.51. The number of nitrogens with one attached hydrogen (secondary N) is 1. The van der Waals surface area contributed by atoms with E-state index in [4.69, 9.17) is 0 Å². The van der Waals surface area contributed by atoms with E-state index in [2.05, 4.69) is 167 Å². The number of thioether (sulfide) groups is 2. The lowest BCUT2D eigenvalue weighted by atomic mass is 9.56. The molecule has 0 bridgehead atoms. The third kappa shape index (κ3) is 4.45. The van der Waals surface area contributed by atoms with Crippen LogP contribution in [0.5, 0.6) is 0 Å². The monoisotopic (exact) mass is 694 g/mol. The summed E-state index contributed by atoms with van der Waals surface area (Å²) in [5.41, 5.74) is 12.1. The van der Waals surface area contributed by atoms with Crippen molar-refractivity contribution in [2.45, 2.75) is 53.6 Å². The van der Waals surface area contributed by atoms with Gasteiger partial charge in [0.2, 0.25) is 0 Å². The number of aromatic amines is 1. The van der Waals surface area contributed by atoms with E-state index in [0.717, 1.165) is 32.1 Å². The summed E-state index contributed by atoms with van der Waals surface area (Å²) in [5.74, 6) is 0.677. The molecule has 3 aromatic carbocycles. The number of fused-ring (bicyclic) bond motifs is 10. The number of allylic oxidation sites excluding steroid dienone is 14. The van der Waals surface area contributed by atoms with E-state index in [1.807, 2.05) is 11.8 Å². The highest BCUT2D eigenvalue weighted by Gasteiger charge is 2.56. The predicted octanol–water partition coefficient (Wildman–Crippen LogP) is 12.6. The van der Waals surface area contributed by atoms with Crippen LogP contribution in [0.25, 0.3) is 33.1 Å². The summed E-state index contributed by atoms with van der Waals surface area (Å²) in [6.45, 7) is 0. The summed E-state index contributed by atoms with van der Waals surface area (Å²) in [6, 6.07) is 29.7. The Morgan fingerprint density at radius 2 is 1.65 bits per heavy atom. The molecular weight excluding hydrogens is 657 g/mol. The van der Waals surface area contributed by atoms with Crippen LogP contribution in [-0.2, 0) is 5.41 Å². The van der Waals surface area contributed by atoms with Crippen molar-refractivity contribution in [2.75, 3.05) is 0 Å². The number of nitrogens with zero attached hydrogens (tertiary/aromatic N) is 1. The molecule has 4 aliphatic carbocycles. The van der Waals surface area contributed by atoms with Crippen molar-refractivity contribution < 1.29 is 0 Å². The SMILES string of the molecule is C1=CC(n2c3ccccc3c3ccc(C4=CC5SC6=CCCC=C6C6(C7=C(CC(c8ccc[nH]8)C=C7)Sc7ccccc76)C5C=C4)cc32)=CCC1. The van der Waals surface area contributed by atoms with E-state index >= 15 is 0 Å². The molecule has 2 aliphatic heterocycles. The Morgan fingerprint density at radius 3 is 2.57 bits per heavy atom. The number of aromatic nitrogens is 2. The van der Waals surface area contributed by atoms with E-state index in [1.54, 1.807) is 0 Å². The molecule has 1 fully saturated rings. The van der Waals surface area contributed by atoms with E-state index in [-0.39, 0.29) is 5.41 Å². The van der Waals surface area contributed by atoms with Crippen LogP contribution in [0.1, 0.15) is 54.8 Å². The van der Waals surface area contributed by atoms with Crippen LogP contribution in [-0.4, -0.2) is 14.8 Å². The fourth-order valence-electron chi connectivity index (χ4n) is 9.71. The van der Waals surface area contributed by atoms with Gasteiger partial charge >= 0.3 is 0 Å². The number of para-hydroxylation sites is 1. The molecule has 248 valence electrons. The van der Waals surface area contributed by atoms with Gasteiger partial charge in [-0.25, -0.2) is 0 Å². The van der Waals surface area contributed by atoms with Gasteiger partial charge in [0, 0.05) is 55.2 Å². The Morgan fingerprint density at radius 1 is 0.765 bits per heavy atom. The van der Waals surface area contributed by atoms with Crippen LogP contribution in [0.3, 0.4) is 0 Å². The first kappa shape index (κ1) is 30.0. The lowest BCUT2D eigenvalue weighted by Crippen LogP contribution is -2.48. The van der Waals surface area contributed by atoms with E-state index < -0.39 is 0 Å². The molecule has 0 amide bonds. The average Bonchev–Trinajstić information content (AvgIpc) is 3.85. The van der Waals surface area contributed by atoms with Crippen molar-refractivity contribution in [2.24, 2.45) is 5.92 Å². The predicted molar refractivity (Wildman–Crippen MR) is 218 cm³/mol. The van der Waals surface area contributed by atoms with Gasteiger partial charge in [0.15, 0.2) is 0 Å². The maximum atomic E-state index is 3.51. The standard InChI is InChI=1S/C47H38N2S2/c1-2-11-33(12-3-1)49-41-17-7-4-13-34(41)35-23-20-30(27-42(35)49)31-21-24-38-45(28-31)50-43-18-8-5-14-36(43)47(38)37-15-6-9-19-44(37)51-46-29-32(22-25-39(46)47)40-16-10-26-48-40/h2,4,6-7,9-28,32,38,45,48H,1,3,5,8,29H2. The first-order valence-corrected chi connectivity index (χ1v) is 20.2. The van der Waals surface area contributed by atoms with Gasteiger partial charge in [-0.05, 0) is 101 Å². The second-order valence-electron chi connectivity index (χ2n) is 14.6. The molecule has 4 heteroatoms. The summed E-state index contributed by atoms with van der Waals surface area (Å²) < 4.78 is 2.48. The minimum Gasteiger partial charge on any atom is -0.364 e. The minimum absolute atomic E-state index is 0.217. The first-order valence-electron chi connectivity index (χ1n) is 18.5. The average molecular weight is 695 g/mol. The van der Waals surface area contributed by atoms with Gasteiger partial charge < -0.3 is 9.55 Å². The van der Waals surface area contributed by atoms with Crippen molar-refractivity contribution in [3.05, 3.63) is 184 Å². The molecule has 6 aliphatic rings. The maximum Gasteiger partial charge on any atom is 0.0554 e. The summed E-state index contributed by atoms with van der Waals surface area (Å²) in [6.07, 6.45) is 32.3. The Labute approximate surface area is 307 Å². The molecule has 1 N–H and O–H groups in total. The molecule has 0 saturated carbocycles. The molecule has 1 saturated heterocycles. The molecule has 1 spiro atoms. The van der Waals surface area contributed by atoms with Crippen molar-refractivity contribution in [1.82, 2.24) is 9.55 Å². The summed E-state index contributed by atoms with van der Waals surface area (Å²) in [4.78, 5) is 7.94. The third-order valence-corrected chi connectivity index (χ3v) is 14.5. The first-order chi connectivity index (χ1) is 25.3. The van der Waals surface area contributed by atoms with Crippen LogP contribution in [0.15, 0.2) is 172 Å². The van der Waals surface area contributed by atoms with Gasteiger partial charge in [-0.2, -0.15) is 0 Å². The largest absolute Gasteiger partial charge is 0.364 e. The highest BCUT2D eigenvalue weighted by atomic mass is 32.2. The molecule has 51 heavy (non-hydrogen) atoms. The highest BCUT2D eigenvalue weighted by Crippen LogP contribution is 2.66. The summed E-state index contributed by atoms with van der Waals surface area (Å²) in [5, 5.41) is 2.95. The van der Waals surface area contributed by atoms with Gasteiger partial charge in [0.1, 0.15) is 0 Å². The summed E-state index contributed by atoms with van der Waals surface area (Å²) >= 11 is 4.11. The van der Waals surface area contributed by atoms with Crippen LogP contribution in [0.2, 0.25) is 0 Å². The zero-order valence-electron chi connectivity index (χ0n) is 28.4. The van der Waals surface area contributed by atoms with Crippen LogP contribution in [0.4, 0.5) is 0 Å². The molecule has 5 aromatic rings. The third-order valence-electron chi connectivity index (χ3n) is 11.9. The van der Waals surface area contributed by atoms with Crippen molar-refractivity contribution in [3.63, 3.8) is 0 Å². The number of rotatable bonds is 3. The van der Waals surface area contributed by atoms with E-state index in [0.29, 0.717) is 17.1 Å².